The van der Waals surface area contributed by atoms with E-state index in [9.17, 15) is 18.0 Å². The number of benzene rings is 2. The van der Waals surface area contributed by atoms with Crippen molar-refractivity contribution in [2.45, 2.75) is 29.1 Å². The Morgan fingerprint density at radius 2 is 1.25 bits per heavy atom. The monoisotopic (exact) mass is 344 g/mol. The lowest BCUT2D eigenvalue weighted by Crippen LogP contribution is -2.18. The van der Waals surface area contributed by atoms with Crippen molar-refractivity contribution in [3.05, 3.63) is 58.7 Å². The van der Waals surface area contributed by atoms with Crippen molar-refractivity contribution in [2.75, 3.05) is 0 Å². The molecule has 6 nitrogen and oxygen atoms in total. The third-order valence-corrected chi connectivity index (χ3v) is 5.90. The number of carbonyl (C=O) groups is 2. The number of sulfone groups is 1. The number of hydrogen-bond acceptors (Lipinski definition) is 4. The van der Waals surface area contributed by atoms with Gasteiger partial charge in [-0.05, 0) is 34.4 Å². The van der Waals surface area contributed by atoms with E-state index < -0.39 is 21.7 Å². The largest absolute Gasteiger partial charge is 0.369 e. The molecule has 0 saturated heterocycles. The van der Waals surface area contributed by atoms with E-state index in [1.54, 1.807) is 24.3 Å². The Bertz CT molecular complexity index is 893. The third kappa shape index (κ3) is 2.90. The summed E-state index contributed by atoms with van der Waals surface area (Å²) in [5.74, 6) is -1.04. The number of carbonyl (C=O) groups excluding carboxylic acids is 2. The molecule has 7 heteroatoms. The number of rotatable bonds is 4. The quantitative estimate of drug-likeness (QED) is 0.715. The van der Waals surface area contributed by atoms with E-state index in [0.717, 1.165) is 0 Å². The molecule has 0 bridgehead atoms. The second kappa shape index (κ2) is 5.76. The summed E-state index contributed by atoms with van der Waals surface area (Å²) in [7, 11) is -3.72. The number of primary amides is 2. The molecule has 124 valence electrons. The summed E-state index contributed by atoms with van der Waals surface area (Å²) in [6, 6.07) is 9.85. The van der Waals surface area contributed by atoms with Crippen LogP contribution >= 0.6 is 0 Å². The third-order valence-electron chi connectivity index (χ3n) is 3.98. The molecule has 1 aliphatic rings. The lowest BCUT2D eigenvalue weighted by molar-refractivity contribution is -0.118. The maximum absolute atomic E-state index is 12.9. The van der Waals surface area contributed by atoms with Gasteiger partial charge in [-0.3, -0.25) is 9.59 Å². The van der Waals surface area contributed by atoms with Gasteiger partial charge in [0, 0.05) is 6.42 Å². The Hall–Kier alpha value is -2.67. The van der Waals surface area contributed by atoms with E-state index in [4.69, 9.17) is 11.5 Å². The highest BCUT2D eigenvalue weighted by atomic mass is 32.2. The maximum atomic E-state index is 12.9. The molecule has 2 aromatic rings. The minimum atomic E-state index is -3.72. The van der Waals surface area contributed by atoms with Crippen LogP contribution in [0.2, 0.25) is 0 Å². The Morgan fingerprint density at radius 1 is 0.833 bits per heavy atom. The van der Waals surface area contributed by atoms with Crippen molar-refractivity contribution in [3.63, 3.8) is 0 Å². The van der Waals surface area contributed by atoms with Gasteiger partial charge in [-0.2, -0.15) is 0 Å². The minimum Gasteiger partial charge on any atom is -0.369 e. The molecule has 2 aromatic carbocycles. The van der Waals surface area contributed by atoms with Crippen LogP contribution in [0.3, 0.4) is 0 Å². The second-order valence-electron chi connectivity index (χ2n) is 5.85. The number of amides is 2. The van der Waals surface area contributed by atoms with E-state index in [1.165, 1.54) is 12.1 Å². The van der Waals surface area contributed by atoms with E-state index >= 15 is 0 Å². The normalized spacial score (nSPS) is 14.5. The molecule has 4 N–H and O–H groups in total. The first-order chi connectivity index (χ1) is 11.3. The van der Waals surface area contributed by atoms with Crippen LogP contribution in [-0.2, 0) is 38.7 Å². The Kier molecular flexibility index (Phi) is 3.88. The molecule has 1 heterocycles. The van der Waals surface area contributed by atoms with Crippen LogP contribution in [-0.4, -0.2) is 20.2 Å². The minimum absolute atomic E-state index is 0.0165. The topological polar surface area (TPSA) is 120 Å². The van der Waals surface area contributed by atoms with Crippen LogP contribution in [0.15, 0.2) is 46.2 Å². The van der Waals surface area contributed by atoms with Gasteiger partial charge in [-0.25, -0.2) is 8.42 Å². The highest BCUT2D eigenvalue weighted by molar-refractivity contribution is 7.91. The molecule has 24 heavy (non-hydrogen) atoms. The van der Waals surface area contributed by atoms with E-state index in [0.29, 0.717) is 28.7 Å². The molecule has 1 aliphatic heterocycles. The zero-order valence-electron chi connectivity index (χ0n) is 12.8. The molecular formula is C17H16N2O4S. The maximum Gasteiger partial charge on any atom is 0.221 e. The Morgan fingerprint density at radius 3 is 1.62 bits per heavy atom. The summed E-state index contributed by atoms with van der Waals surface area (Å²) in [5.41, 5.74) is 12.8. The fraction of sp³-hybridized carbons (Fsp3) is 0.176. The molecule has 0 spiro atoms. The molecule has 0 atom stereocenters. The Balaban J connectivity index is 2.10. The van der Waals surface area contributed by atoms with Crippen molar-refractivity contribution in [1.82, 2.24) is 0 Å². The molecule has 0 aliphatic carbocycles. The fourth-order valence-electron chi connectivity index (χ4n) is 2.94. The lowest BCUT2D eigenvalue weighted by Gasteiger charge is -2.21. The van der Waals surface area contributed by atoms with Crippen molar-refractivity contribution in [2.24, 2.45) is 11.5 Å². The van der Waals surface area contributed by atoms with Crippen LogP contribution < -0.4 is 11.5 Å². The number of fused-ring (bicyclic) bond motifs is 2. The zero-order valence-corrected chi connectivity index (χ0v) is 13.6. The molecule has 0 saturated carbocycles. The second-order valence-corrected chi connectivity index (χ2v) is 7.74. The summed E-state index contributed by atoms with van der Waals surface area (Å²) in [4.78, 5) is 22.5. The highest BCUT2D eigenvalue weighted by Gasteiger charge is 2.30. The van der Waals surface area contributed by atoms with Gasteiger partial charge >= 0.3 is 0 Å². The van der Waals surface area contributed by atoms with Crippen LogP contribution in [0.5, 0.6) is 0 Å². The first-order valence-electron chi connectivity index (χ1n) is 7.32. The molecule has 3 rings (SSSR count). The highest BCUT2D eigenvalue weighted by Crippen LogP contribution is 2.35. The summed E-state index contributed by atoms with van der Waals surface area (Å²) in [5, 5.41) is 0. The number of nitrogens with two attached hydrogens (primary N) is 2. The molecular weight excluding hydrogens is 328 g/mol. The molecule has 0 aromatic heterocycles. The molecule has 0 fully saturated rings. The average molecular weight is 344 g/mol. The van der Waals surface area contributed by atoms with Gasteiger partial charge in [0.2, 0.25) is 21.7 Å². The summed E-state index contributed by atoms with van der Waals surface area (Å²) in [6.07, 6.45) is 0.437. The van der Waals surface area contributed by atoms with Crippen LogP contribution in [0.1, 0.15) is 22.3 Å². The summed E-state index contributed by atoms with van der Waals surface area (Å²) in [6.45, 7) is 0. The molecule has 2 amide bonds. The van der Waals surface area contributed by atoms with Crippen molar-refractivity contribution in [1.29, 1.82) is 0 Å². The van der Waals surface area contributed by atoms with Crippen molar-refractivity contribution in [3.8, 4) is 0 Å². The van der Waals surface area contributed by atoms with Gasteiger partial charge in [-0.1, -0.05) is 24.3 Å². The van der Waals surface area contributed by atoms with E-state index in [2.05, 4.69) is 0 Å². The average Bonchev–Trinajstić information content (AvgIpc) is 2.48. The van der Waals surface area contributed by atoms with Gasteiger partial charge in [0.25, 0.3) is 0 Å². The summed E-state index contributed by atoms with van der Waals surface area (Å²) >= 11 is 0. The first-order valence-corrected chi connectivity index (χ1v) is 8.81. The predicted molar refractivity (Wildman–Crippen MR) is 86.9 cm³/mol. The van der Waals surface area contributed by atoms with Crippen molar-refractivity contribution >= 4 is 21.7 Å². The zero-order chi connectivity index (χ0) is 17.5. The van der Waals surface area contributed by atoms with Crippen LogP contribution in [0.25, 0.3) is 0 Å². The van der Waals surface area contributed by atoms with Gasteiger partial charge in [-0.15, -0.1) is 0 Å². The SMILES string of the molecule is NC(=O)Cc1ccc2c(c1)S(=O)(=O)c1cc(CC(N)=O)ccc1C2. The standard InChI is InChI=1S/C17H16N2O4S/c18-16(20)7-10-1-3-12-9-13-4-2-11(8-17(19)21)6-15(13)24(22,23)14(12)5-10/h1-6H,7-9H2,(H2,18,20)(H2,19,21). The van der Waals surface area contributed by atoms with Gasteiger partial charge < -0.3 is 11.5 Å². The van der Waals surface area contributed by atoms with Crippen LogP contribution in [0, 0.1) is 0 Å². The fourth-order valence-corrected chi connectivity index (χ4v) is 4.76. The van der Waals surface area contributed by atoms with Gasteiger partial charge in [0.15, 0.2) is 0 Å². The smallest absolute Gasteiger partial charge is 0.221 e. The van der Waals surface area contributed by atoms with Gasteiger partial charge in [0.05, 0.1) is 22.6 Å². The number of hydrogen-bond donors (Lipinski definition) is 2. The van der Waals surface area contributed by atoms with E-state index in [-0.39, 0.29) is 22.6 Å². The first kappa shape index (κ1) is 16.2. The molecule has 0 radical (unpaired) electrons. The Labute approximate surface area is 139 Å². The van der Waals surface area contributed by atoms with Gasteiger partial charge in [0.1, 0.15) is 0 Å². The lowest BCUT2D eigenvalue weighted by atomic mass is 10.00. The van der Waals surface area contributed by atoms with Crippen LogP contribution in [0.4, 0.5) is 0 Å². The summed E-state index contributed by atoms with van der Waals surface area (Å²) < 4.78 is 25.9. The predicted octanol–water partition coefficient (Wildman–Crippen LogP) is 0.479. The molecule has 0 unspecified atom stereocenters. The van der Waals surface area contributed by atoms with Crippen molar-refractivity contribution < 1.29 is 18.0 Å². The van der Waals surface area contributed by atoms with E-state index in [1.807, 2.05) is 0 Å².